The van der Waals surface area contributed by atoms with Crippen molar-refractivity contribution < 1.29 is 4.79 Å². The minimum Gasteiger partial charge on any atom is -0.266 e. The average Bonchev–Trinajstić information content (AvgIpc) is 2.88. The largest absolute Gasteiger partial charge is 0.282 e. The summed E-state index contributed by atoms with van der Waals surface area (Å²) in [5, 5.41) is 5.39. The Kier molecular flexibility index (Phi) is 4.74. The van der Waals surface area contributed by atoms with Gasteiger partial charge in [0.15, 0.2) is 0 Å². The number of rotatable bonds is 4. The van der Waals surface area contributed by atoms with Crippen LogP contribution in [-0.4, -0.2) is 12.1 Å². The van der Waals surface area contributed by atoms with E-state index in [0.717, 1.165) is 21.2 Å². The van der Waals surface area contributed by atoms with Gasteiger partial charge in [-0.1, -0.05) is 54.1 Å². The second-order valence-electron chi connectivity index (χ2n) is 5.19. The zero-order chi connectivity index (χ0) is 16.2. The van der Waals surface area contributed by atoms with Gasteiger partial charge in [0.05, 0.1) is 5.02 Å². The van der Waals surface area contributed by atoms with Gasteiger partial charge in [-0.3, -0.25) is 4.79 Å². The maximum Gasteiger partial charge on any atom is 0.282 e. The molecule has 1 aromatic heterocycles. The Bertz CT molecular complexity index is 871. The maximum absolute atomic E-state index is 12.2. The Morgan fingerprint density at radius 3 is 2.83 bits per heavy atom. The number of hydrogen-bond acceptors (Lipinski definition) is 3. The lowest BCUT2D eigenvalue weighted by Gasteiger charge is -1.97. The smallest absolute Gasteiger partial charge is 0.266 e. The van der Waals surface area contributed by atoms with Gasteiger partial charge in [0.1, 0.15) is 4.88 Å². The van der Waals surface area contributed by atoms with Crippen molar-refractivity contribution in [3.8, 4) is 0 Å². The standard InChI is InChI=1S/C18H15ClN2OS/c1-12-7-8-14-15(11-12)23-17(16(14)19)18(22)21-20-10-9-13-5-3-2-4-6-13/h2-8,10-11H,9H2,1H3,(H,21,22). The van der Waals surface area contributed by atoms with Crippen LogP contribution in [0.25, 0.3) is 10.1 Å². The Hall–Kier alpha value is -2.17. The monoisotopic (exact) mass is 342 g/mol. The second-order valence-corrected chi connectivity index (χ2v) is 6.62. The Morgan fingerprint density at radius 1 is 1.26 bits per heavy atom. The van der Waals surface area contributed by atoms with E-state index < -0.39 is 0 Å². The van der Waals surface area contributed by atoms with E-state index in [1.165, 1.54) is 11.3 Å². The fourth-order valence-corrected chi connectivity index (χ4v) is 3.74. The van der Waals surface area contributed by atoms with Crippen molar-refractivity contribution in [3.63, 3.8) is 0 Å². The number of aryl methyl sites for hydroxylation is 1. The van der Waals surface area contributed by atoms with Gasteiger partial charge in [0.2, 0.25) is 0 Å². The summed E-state index contributed by atoms with van der Waals surface area (Å²) in [6.45, 7) is 2.01. The molecule has 23 heavy (non-hydrogen) atoms. The van der Waals surface area contributed by atoms with Crippen LogP contribution in [0, 0.1) is 6.92 Å². The number of fused-ring (bicyclic) bond motifs is 1. The summed E-state index contributed by atoms with van der Waals surface area (Å²) >= 11 is 7.69. The molecule has 3 nitrogen and oxygen atoms in total. The predicted octanol–water partition coefficient (Wildman–Crippen LogP) is 4.82. The van der Waals surface area contributed by atoms with E-state index in [2.05, 4.69) is 10.5 Å². The van der Waals surface area contributed by atoms with Crippen molar-refractivity contribution in [2.45, 2.75) is 13.3 Å². The molecule has 0 saturated carbocycles. The van der Waals surface area contributed by atoms with E-state index in [4.69, 9.17) is 11.6 Å². The van der Waals surface area contributed by atoms with Crippen LogP contribution in [0.15, 0.2) is 53.6 Å². The van der Waals surface area contributed by atoms with Crippen LogP contribution in [0.2, 0.25) is 5.02 Å². The molecule has 0 aliphatic heterocycles. The third-order valence-electron chi connectivity index (χ3n) is 3.42. The van der Waals surface area contributed by atoms with Crippen molar-refractivity contribution in [1.29, 1.82) is 0 Å². The van der Waals surface area contributed by atoms with Crippen molar-refractivity contribution in [1.82, 2.24) is 5.43 Å². The Balaban J connectivity index is 1.70. The van der Waals surface area contributed by atoms with E-state index in [1.807, 2.05) is 55.5 Å². The molecule has 1 heterocycles. The van der Waals surface area contributed by atoms with Crippen LogP contribution in [0.1, 0.15) is 20.8 Å². The normalized spacial score (nSPS) is 11.2. The zero-order valence-electron chi connectivity index (χ0n) is 12.5. The van der Waals surface area contributed by atoms with Crippen LogP contribution >= 0.6 is 22.9 Å². The molecule has 3 aromatic rings. The fraction of sp³-hybridized carbons (Fsp3) is 0.111. The molecule has 0 atom stereocenters. The molecule has 1 N–H and O–H groups in total. The summed E-state index contributed by atoms with van der Waals surface area (Å²) in [6, 6.07) is 15.9. The number of hydrazone groups is 1. The van der Waals surface area contributed by atoms with Gasteiger partial charge in [-0.25, -0.2) is 5.43 Å². The number of amides is 1. The van der Waals surface area contributed by atoms with Crippen molar-refractivity contribution in [3.05, 3.63) is 69.6 Å². The molecular weight excluding hydrogens is 328 g/mol. The lowest BCUT2D eigenvalue weighted by atomic mass is 10.2. The van der Waals surface area contributed by atoms with Gasteiger partial charge in [-0.2, -0.15) is 5.10 Å². The first kappa shape index (κ1) is 15.7. The molecular formula is C18H15ClN2OS. The second kappa shape index (κ2) is 6.94. The van der Waals surface area contributed by atoms with Gasteiger partial charge in [-0.05, 0) is 24.1 Å². The van der Waals surface area contributed by atoms with E-state index in [1.54, 1.807) is 6.21 Å². The van der Waals surface area contributed by atoms with Crippen LogP contribution in [-0.2, 0) is 6.42 Å². The first-order valence-electron chi connectivity index (χ1n) is 7.19. The quantitative estimate of drug-likeness (QED) is 0.536. The molecule has 2 aromatic carbocycles. The highest BCUT2D eigenvalue weighted by atomic mass is 35.5. The number of thiophene rings is 1. The average molecular weight is 343 g/mol. The third-order valence-corrected chi connectivity index (χ3v) is 5.07. The molecule has 0 aliphatic rings. The van der Waals surface area contributed by atoms with Crippen molar-refractivity contribution in [2.24, 2.45) is 5.10 Å². The SMILES string of the molecule is Cc1ccc2c(Cl)c(C(=O)NN=CCc3ccccc3)sc2c1. The predicted molar refractivity (Wildman–Crippen MR) is 97.7 cm³/mol. The van der Waals surface area contributed by atoms with Gasteiger partial charge < -0.3 is 0 Å². The summed E-state index contributed by atoms with van der Waals surface area (Å²) in [6.07, 6.45) is 2.35. The van der Waals surface area contributed by atoms with Crippen LogP contribution in [0.3, 0.4) is 0 Å². The molecule has 1 amide bonds. The molecule has 0 bridgehead atoms. The molecule has 0 radical (unpaired) electrons. The highest BCUT2D eigenvalue weighted by Crippen LogP contribution is 2.35. The molecule has 0 fully saturated rings. The molecule has 5 heteroatoms. The highest BCUT2D eigenvalue weighted by molar-refractivity contribution is 7.21. The molecule has 0 spiro atoms. The number of halogens is 1. The topological polar surface area (TPSA) is 41.5 Å². The van der Waals surface area contributed by atoms with Crippen LogP contribution in [0.4, 0.5) is 0 Å². The third kappa shape index (κ3) is 3.60. The molecule has 116 valence electrons. The Morgan fingerprint density at radius 2 is 2.04 bits per heavy atom. The summed E-state index contributed by atoms with van der Waals surface area (Å²) in [4.78, 5) is 12.7. The number of carbonyl (C=O) groups is 1. The van der Waals surface area contributed by atoms with E-state index >= 15 is 0 Å². The first-order chi connectivity index (χ1) is 11.1. The summed E-state index contributed by atoms with van der Waals surface area (Å²) in [5.41, 5.74) is 4.82. The molecule has 0 unspecified atom stereocenters. The highest BCUT2D eigenvalue weighted by Gasteiger charge is 2.16. The molecule has 0 aliphatic carbocycles. The zero-order valence-corrected chi connectivity index (χ0v) is 14.1. The number of benzene rings is 2. The molecule has 0 saturated heterocycles. The minimum absolute atomic E-state index is 0.279. The fourth-order valence-electron chi connectivity index (χ4n) is 2.24. The van der Waals surface area contributed by atoms with Crippen LogP contribution in [0.5, 0.6) is 0 Å². The van der Waals surface area contributed by atoms with Crippen molar-refractivity contribution >= 4 is 45.1 Å². The van der Waals surface area contributed by atoms with Crippen molar-refractivity contribution in [2.75, 3.05) is 0 Å². The first-order valence-corrected chi connectivity index (χ1v) is 8.39. The number of nitrogens with zero attached hydrogens (tertiary/aromatic N) is 1. The summed E-state index contributed by atoms with van der Waals surface area (Å²) < 4.78 is 1.01. The number of hydrogen-bond donors (Lipinski definition) is 1. The summed E-state index contributed by atoms with van der Waals surface area (Å²) in [7, 11) is 0. The number of nitrogens with one attached hydrogen (secondary N) is 1. The van der Waals surface area contributed by atoms with Gasteiger partial charge in [-0.15, -0.1) is 11.3 Å². The van der Waals surface area contributed by atoms with Gasteiger partial charge in [0.25, 0.3) is 5.91 Å². The summed E-state index contributed by atoms with van der Waals surface area (Å²) in [5.74, 6) is -0.279. The molecule has 3 rings (SSSR count). The number of carbonyl (C=O) groups excluding carboxylic acids is 1. The lowest BCUT2D eigenvalue weighted by Crippen LogP contribution is -2.16. The maximum atomic E-state index is 12.2. The van der Waals surface area contributed by atoms with Crippen LogP contribution < -0.4 is 5.43 Å². The van der Waals surface area contributed by atoms with E-state index in [0.29, 0.717) is 16.3 Å². The van der Waals surface area contributed by atoms with E-state index in [9.17, 15) is 4.79 Å². The van der Waals surface area contributed by atoms with Gasteiger partial charge >= 0.3 is 0 Å². The minimum atomic E-state index is -0.279. The van der Waals surface area contributed by atoms with E-state index in [-0.39, 0.29) is 5.91 Å². The lowest BCUT2D eigenvalue weighted by molar-refractivity contribution is 0.0959. The Labute approximate surface area is 143 Å². The van der Waals surface area contributed by atoms with Gasteiger partial charge in [0, 0.05) is 22.7 Å².